The first-order valence-electron chi connectivity index (χ1n) is 10.7. The van der Waals surface area contributed by atoms with Gasteiger partial charge in [0, 0.05) is 6.61 Å². The highest BCUT2D eigenvalue weighted by Crippen LogP contribution is 2.19. The lowest BCUT2D eigenvalue weighted by Gasteiger charge is -2.27. The summed E-state index contributed by atoms with van der Waals surface area (Å²) in [6.45, 7) is 7.18. The van der Waals surface area contributed by atoms with Gasteiger partial charge in [0.25, 0.3) is 0 Å². The van der Waals surface area contributed by atoms with Gasteiger partial charge in [0.05, 0.1) is 11.7 Å². The Balaban J connectivity index is 2.54. The van der Waals surface area contributed by atoms with E-state index in [1.54, 1.807) is 12.1 Å². The summed E-state index contributed by atoms with van der Waals surface area (Å²) in [5.74, 6) is -0.208. The minimum atomic E-state index is -0.349. The molecule has 1 N–H and O–H groups in total. The third-order valence-electron chi connectivity index (χ3n) is 4.75. The van der Waals surface area contributed by atoms with Crippen molar-refractivity contribution in [3.8, 4) is 5.75 Å². The van der Waals surface area contributed by atoms with E-state index in [0.717, 1.165) is 38.7 Å². The highest BCUT2D eigenvalue weighted by atomic mass is 16.6. The molecule has 2 atom stereocenters. The second-order valence-corrected chi connectivity index (χ2v) is 7.24. The number of esters is 1. The third kappa shape index (κ3) is 9.81. The summed E-state index contributed by atoms with van der Waals surface area (Å²) in [4.78, 5) is 12.5. The van der Waals surface area contributed by atoms with Crippen LogP contribution in [0.3, 0.4) is 0 Å². The quantitative estimate of drug-likeness (QED) is 0.289. The Labute approximate surface area is 165 Å². The average molecular weight is 379 g/mol. The molecule has 0 aliphatic carbocycles. The largest absolute Gasteiger partial charge is 0.508 e. The second-order valence-electron chi connectivity index (χ2n) is 7.24. The van der Waals surface area contributed by atoms with Crippen molar-refractivity contribution < 1.29 is 19.4 Å². The van der Waals surface area contributed by atoms with E-state index in [1.165, 1.54) is 44.2 Å². The summed E-state index contributed by atoms with van der Waals surface area (Å²) in [5.41, 5.74) is 0.458. The molecule has 27 heavy (non-hydrogen) atoms. The van der Waals surface area contributed by atoms with Crippen molar-refractivity contribution in [1.82, 2.24) is 0 Å². The number of benzene rings is 1. The Morgan fingerprint density at radius 1 is 0.852 bits per heavy atom. The van der Waals surface area contributed by atoms with Crippen molar-refractivity contribution in [2.45, 2.75) is 97.2 Å². The van der Waals surface area contributed by atoms with Crippen LogP contribution in [0, 0.1) is 0 Å². The lowest BCUT2D eigenvalue weighted by atomic mass is 10.0. The Hall–Kier alpha value is -1.55. The molecule has 0 fully saturated rings. The van der Waals surface area contributed by atoms with Gasteiger partial charge in [-0.15, -0.1) is 0 Å². The summed E-state index contributed by atoms with van der Waals surface area (Å²) >= 11 is 0. The van der Waals surface area contributed by atoms with Gasteiger partial charge in [0.2, 0.25) is 0 Å². The van der Waals surface area contributed by atoms with Gasteiger partial charge in [-0.25, -0.2) is 4.79 Å². The first kappa shape index (κ1) is 23.5. The minimum absolute atomic E-state index is 0.0494. The molecule has 0 saturated carbocycles. The summed E-state index contributed by atoms with van der Waals surface area (Å²) in [7, 11) is 0. The highest BCUT2D eigenvalue weighted by Gasteiger charge is 2.25. The number of ether oxygens (including phenoxy) is 2. The zero-order valence-corrected chi connectivity index (χ0v) is 17.4. The zero-order chi connectivity index (χ0) is 19.9. The van der Waals surface area contributed by atoms with Gasteiger partial charge in [0.1, 0.15) is 11.9 Å². The molecule has 4 nitrogen and oxygen atoms in total. The smallest absolute Gasteiger partial charge is 0.338 e. The lowest BCUT2D eigenvalue weighted by Crippen LogP contribution is -2.34. The monoisotopic (exact) mass is 378 g/mol. The number of hydrogen-bond acceptors (Lipinski definition) is 4. The number of carbonyl (C=O) groups excluding carboxylic acids is 1. The van der Waals surface area contributed by atoms with Gasteiger partial charge in [-0.2, -0.15) is 0 Å². The molecule has 0 saturated heterocycles. The van der Waals surface area contributed by atoms with Crippen LogP contribution in [0.25, 0.3) is 0 Å². The van der Waals surface area contributed by atoms with E-state index in [4.69, 9.17) is 9.47 Å². The number of unbranched alkanes of at least 4 members (excludes halogenated alkanes) is 5. The van der Waals surface area contributed by atoms with Gasteiger partial charge in [0.15, 0.2) is 0 Å². The van der Waals surface area contributed by atoms with E-state index in [9.17, 15) is 9.90 Å². The maximum atomic E-state index is 12.5. The van der Waals surface area contributed by atoms with Gasteiger partial charge in [-0.1, -0.05) is 65.7 Å². The van der Waals surface area contributed by atoms with Crippen LogP contribution in [0.2, 0.25) is 0 Å². The van der Waals surface area contributed by atoms with Crippen LogP contribution in [0.1, 0.15) is 95.3 Å². The molecule has 0 aromatic heterocycles. The van der Waals surface area contributed by atoms with Crippen LogP contribution >= 0.6 is 0 Å². The standard InChI is InChI=1S/C23H38O4/c1-4-7-8-9-10-11-18-26-21(12-5-2)22(13-6-3)27-23(25)19-14-16-20(24)17-15-19/h14-17,21-22,24H,4-13,18H2,1-3H3. The van der Waals surface area contributed by atoms with Crippen molar-refractivity contribution >= 4 is 5.97 Å². The lowest BCUT2D eigenvalue weighted by molar-refractivity contribution is -0.0602. The number of carbonyl (C=O) groups is 1. The summed E-state index contributed by atoms with van der Waals surface area (Å²) in [6.07, 6.45) is 10.8. The molecular formula is C23H38O4. The Kier molecular flexibility index (Phi) is 12.6. The molecule has 1 aromatic carbocycles. The van der Waals surface area contributed by atoms with Crippen LogP contribution in [0.15, 0.2) is 24.3 Å². The fourth-order valence-corrected chi connectivity index (χ4v) is 3.19. The van der Waals surface area contributed by atoms with Gasteiger partial charge < -0.3 is 14.6 Å². The average Bonchev–Trinajstić information content (AvgIpc) is 2.66. The number of phenols is 1. The normalized spacial score (nSPS) is 13.3. The molecule has 0 radical (unpaired) electrons. The van der Waals surface area contributed by atoms with Crippen molar-refractivity contribution in [3.63, 3.8) is 0 Å². The highest BCUT2D eigenvalue weighted by molar-refractivity contribution is 5.89. The van der Waals surface area contributed by atoms with E-state index < -0.39 is 0 Å². The number of phenolic OH excluding ortho intramolecular Hbond substituents is 1. The molecule has 1 rings (SSSR count). The Bertz CT molecular complexity index is 498. The summed E-state index contributed by atoms with van der Waals surface area (Å²) in [6, 6.07) is 6.19. The fraction of sp³-hybridized carbons (Fsp3) is 0.696. The summed E-state index contributed by atoms with van der Waals surface area (Å²) in [5, 5.41) is 9.38. The van der Waals surface area contributed by atoms with E-state index in [2.05, 4.69) is 20.8 Å². The first-order valence-corrected chi connectivity index (χ1v) is 10.7. The first-order chi connectivity index (χ1) is 13.1. The molecule has 0 bridgehead atoms. The van der Waals surface area contributed by atoms with Crippen LogP contribution in [0.4, 0.5) is 0 Å². The molecule has 0 spiro atoms. The van der Waals surface area contributed by atoms with E-state index >= 15 is 0 Å². The topological polar surface area (TPSA) is 55.8 Å². The van der Waals surface area contributed by atoms with Crippen LogP contribution in [-0.4, -0.2) is 29.9 Å². The molecule has 0 aliphatic heterocycles. The van der Waals surface area contributed by atoms with Gasteiger partial charge >= 0.3 is 5.97 Å². The molecule has 1 aromatic rings. The maximum absolute atomic E-state index is 12.5. The van der Waals surface area contributed by atoms with Crippen molar-refractivity contribution in [2.24, 2.45) is 0 Å². The molecular weight excluding hydrogens is 340 g/mol. The predicted molar refractivity (Wildman–Crippen MR) is 110 cm³/mol. The molecule has 4 heteroatoms. The van der Waals surface area contributed by atoms with Crippen LogP contribution in [0.5, 0.6) is 5.75 Å². The SMILES string of the molecule is CCCCCCCCOC(CCC)C(CCC)OC(=O)c1ccc(O)cc1. The molecule has 0 amide bonds. The van der Waals surface area contributed by atoms with E-state index in [1.807, 2.05) is 0 Å². The van der Waals surface area contributed by atoms with Crippen molar-refractivity contribution in [3.05, 3.63) is 29.8 Å². The van der Waals surface area contributed by atoms with Crippen LogP contribution in [-0.2, 0) is 9.47 Å². The number of rotatable bonds is 15. The number of aromatic hydroxyl groups is 1. The Morgan fingerprint density at radius 2 is 1.44 bits per heavy atom. The minimum Gasteiger partial charge on any atom is -0.508 e. The summed E-state index contributed by atoms with van der Waals surface area (Å²) < 4.78 is 11.9. The van der Waals surface area contributed by atoms with Crippen LogP contribution < -0.4 is 0 Å². The van der Waals surface area contributed by atoms with E-state index in [-0.39, 0.29) is 23.9 Å². The predicted octanol–water partition coefficient (Wildman–Crippen LogP) is 6.26. The molecule has 0 heterocycles. The second kappa shape index (κ2) is 14.5. The van der Waals surface area contributed by atoms with E-state index in [0.29, 0.717) is 5.56 Å². The van der Waals surface area contributed by atoms with Gasteiger partial charge in [-0.3, -0.25) is 0 Å². The Morgan fingerprint density at radius 3 is 2.07 bits per heavy atom. The van der Waals surface area contributed by atoms with Crippen molar-refractivity contribution in [2.75, 3.05) is 6.61 Å². The fourth-order valence-electron chi connectivity index (χ4n) is 3.19. The van der Waals surface area contributed by atoms with Crippen molar-refractivity contribution in [1.29, 1.82) is 0 Å². The third-order valence-corrected chi connectivity index (χ3v) is 4.75. The molecule has 154 valence electrons. The molecule has 2 unspecified atom stereocenters. The van der Waals surface area contributed by atoms with Gasteiger partial charge in [-0.05, 0) is 43.5 Å². The zero-order valence-electron chi connectivity index (χ0n) is 17.4. The number of hydrogen-bond donors (Lipinski definition) is 1. The molecule has 0 aliphatic rings. The maximum Gasteiger partial charge on any atom is 0.338 e.